The van der Waals surface area contributed by atoms with Crippen molar-refractivity contribution in [3.05, 3.63) is 316 Å². The first-order chi connectivity index (χ1) is 39.1. The zero-order valence-corrected chi connectivity index (χ0v) is 48.2. The monoisotopic (exact) mass is 1040 g/mol. The Morgan fingerprint density at radius 2 is 0.753 bits per heavy atom. The fraction of sp³-hybridized carbons (Fsp3) is 0.175. The Morgan fingerprint density at radius 1 is 0.284 bits per heavy atom. The smallest absolute Gasteiger partial charge is 0.0714 e. The summed E-state index contributed by atoms with van der Waals surface area (Å²) >= 11 is 0. The van der Waals surface area contributed by atoms with Gasteiger partial charge in [0, 0.05) is 27.9 Å². The van der Waals surface area contributed by atoms with Crippen LogP contribution in [0.1, 0.15) is 124 Å². The van der Waals surface area contributed by atoms with E-state index in [1.165, 1.54) is 117 Å². The van der Waals surface area contributed by atoms with Gasteiger partial charge in [-0.1, -0.05) is 268 Å². The second-order valence-corrected chi connectivity index (χ2v) is 25.8. The van der Waals surface area contributed by atoms with Crippen molar-refractivity contribution in [2.45, 2.75) is 89.4 Å². The Kier molecular flexibility index (Phi) is 11.4. The van der Waals surface area contributed by atoms with E-state index in [2.05, 4.69) is 322 Å². The maximum absolute atomic E-state index is 2.52. The lowest BCUT2D eigenvalue weighted by atomic mass is 9.67. The molecule has 1 atom stereocenters. The Labute approximate surface area is 480 Å². The van der Waals surface area contributed by atoms with Crippen molar-refractivity contribution in [1.29, 1.82) is 0 Å². The zero-order valence-electron chi connectivity index (χ0n) is 48.2. The summed E-state index contributed by atoms with van der Waals surface area (Å²) in [5.74, 6) is 0. The number of nitrogens with zero attached hydrogens (tertiary/aromatic N) is 1. The molecule has 14 rings (SSSR count). The third kappa shape index (κ3) is 7.72. The fourth-order valence-electron chi connectivity index (χ4n) is 14.5. The molecular formula is C80H69N. The molecule has 3 aliphatic rings. The topological polar surface area (TPSA) is 3.24 Å². The van der Waals surface area contributed by atoms with Crippen LogP contribution in [0.5, 0.6) is 0 Å². The van der Waals surface area contributed by atoms with Crippen LogP contribution in [0.3, 0.4) is 0 Å². The van der Waals surface area contributed by atoms with Crippen molar-refractivity contribution in [3.63, 3.8) is 0 Å². The molecule has 11 aromatic carbocycles. The summed E-state index contributed by atoms with van der Waals surface area (Å²) in [6.07, 6.45) is 0. The van der Waals surface area contributed by atoms with Gasteiger partial charge in [-0.3, -0.25) is 0 Å². The van der Waals surface area contributed by atoms with E-state index in [0.29, 0.717) is 0 Å². The normalized spacial score (nSPS) is 16.0. The number of benzene rings is 11. The predicted molar refractivity (Wildman–Crippen MR) is 342 cm³/mol. The summed E-state index contributed by atoms with van der Waals surface area (Å²) < 4.78 is 0. The van der Waals surface area contributed by atoms with Gasteiger partial charge >= 0.3 is 0 Å². The van der Waals surface area contributed by atoms with Crippen molar-refractivity contribution >= 4 is 17.1 Å². The van der Waals surface area contributed by atoms with Gasteiger partial charge < -0.3 is 4.90 Å². The molecule has 394 valence electrons. The molecule has 0 spiro atoms. The van der Waals surface area contributed by atoms with Crippen LogP contribution < -0.4 is 4.90 Å². The molecule has 3 aliphatic carbocycles. The molecule has 0 fully saturated rings. The standard InChI is InChI=1S/C80H69N/c1-76(2,3)55-36-40-58(41-37-55)80(59-42-38-56(39-43-59)77(4,5)6)72-32-18-15-26-65(72)68-48-46-62(51-74(68)80)81(61-24-19-21-54(49-61)63-28-20-29-69-66-27-13-16-30-70(66)78(7,8)75(63)69)60-44-33-52(34-45-60)53-35-47-67-64-25-14-17-31-71(64)79(9,73(67)50-53)57-22-11-10-12-23-57/h10-51H,1-9H3. The van der Waals surface area contributed by atoms with E-state index in [9.17, 15) is 0 Å². The lowest BCUT2D eigenvalue weighted by molar-refractivity contribution is 0.588. The van der Waals surface area contributed by atoms with Gasteiger partial charge in [-0.15, -0.1) is 0 Å². The van der Waals surface area contributed by atoms with Gasteiger partial charge in [-0.2, -0.15) is 0 Å². The molecule has 11 aromatic rings. The van der Waals surface area contributed by atoms with Gasteiger partial charge in [-0.25, -0.2) is 0 Å². The third-order valence-electron chi connectivity index (χ3n) is 18.8. The molecule has 1 heteroatoms. The molecule has 0 aromatic heterocycles. The molecule has 1 nitrogen and oxygen atoms in total. The van der Waals surface area contributed by atoms with E-state index in [4.69, 9.17) is 0 Å². The van der Waals surface area contributed by atoms with E-state index >= 15 is 0 Å². The van der Waals surface area contributed by atoms with Crippen molar-refractivity contribution < 1.29 is 0 Å². The molecule has 0 bridgehead atoms. The second kappa shape index (κ2) is 18.4. The minimum absolute atomic E-state index is 0.0119. The Morgan fingerprint density at radius 3 is 1.40 bits per heavy atom. The van der Waals surface area contributed by atoms with Gasteiger partial charge in [0.05, 0.1) is 5.41 Å². The first kappa shape index (κ1) is 50.4. The number of fused-ring (bicyclic) bond motifs is 9. The molecule has 1 unspecified atom stereocenters. The minimum atomic E-state index is -0.598. The molecule has 0 amide bonds. The summed E-state index contributed by atoms with van der Waals surface area (Å²) in [4.78, 5) is 2.50. The average molecular weight is 1040 g/mol. The van der Waals surface area contributed by atoms with E-state index in [1.807, 2.05) is 0 Å². The number of hydrogen-bond donors (Lipinski definition) is 0. The lowest BCUT2D eigenvalue weighted by Gasteiger charge is -2.36. The first-order valence-corrected chi connectivity index (χ1v) is 29.1. The van der Waals surface area contributed by atoms with E-state index < -0.39 is 5.41 Å². The highest BCUT2D eigenvalue weighted by Gasteiger charge is 2.47. The summed E-state index contributed by atoms with van der Waals surface area (Å²) in [5, 5.41) is 0. The van der Waals surface area contributed by atoms with Crippen LogP contribution in [-0.4, -0.2) is 0 Å². The van der Waals surface area contributed by atoms with E-state index in [0.717, 1.165) is 17.1 Å². The Balaban J connectivity index is 0.961. The number of anilines is 3. The van der Waals surface area contributed by atoms with Crippen molar-refractivity contribution in [3.8, 4) is 55.6 Å². The maximum Gasteiger partial charge on any atom is 0.0714 e. The zero-order chi connectivity index (χ0) is 55.6. The Hall–Kier alpha value is -8.78. The molecule has 0 N–H and O–H groups in total. The third-order valence-corrected chi connectivity index (χ3v) is 18.8. The second-order valence-electron chi connectivity index (χ2n) is 25.8. The van der Waals surface area contributed by atoms with Gasteiger partial charge in [0.25, 0.3) is 0 Å². The van der Waals surface area contributed by atoms with Crippen LogP contribution in [0.15, 0.2) is 255 Å². The molecule has 0 radical (unpaired) electrons. The van der Waals surface area contributed by atoms with Crippen LogP contribution in [0.2, 0.25) is 0 Å². The van der Waals surface area contributed by atoms with Crippen LogP contribution >= 0.6 is 0 Å². The highest BCUT2D eigenvalue weighted by atomic mass is 15.1. The van der Waals surface area contributed by atoms with E-state index in [1.54, 1.807) is 0 Å². The molecule has 0 saturated carbocycles. The Bertz CT molecular complexity index is 4200. The summed E-state index contributed by atoms with van der Waals surface area (Å²) in [5.41, 5.74) is 29.5. The van der Waals surface area contributed by atoms with Crippen molar-refractivity contribution in [1.82, 2.24) is 0 Å². The summed E-state index contributed by atoms with van der Waals surface area (Å²) in [6.45, 7) is 21.0. The van der Waals surface area contributed by atoms with Gasteiger partial charge in [0.1, 0.15) is 0 Å². The van der Waals surface area contributed by atoms with Gasteiger partial charge in [0.2, 0.25) is 0 Å². The predicted octanol–water partition coefficient (Wildman–Crippen LogP) is 21.1. The quantitative estimate of drug-likeness (QED) is 0.147. The SMILES string of the molecule is CC(C)(C)c1ccc(C2(c3ccc(C(C)(C)C)cc3)c3ccccc3-c3ccc(N(c4ccc(-c5ccc6c(c5)C(C)(c5ccccc5)c5ccccc5-6)cc4)c4cccc(-c5cccc6c5C(C)(C)c5ccccc5-6)c4)cc32)cc1. The summed E-state index contributed by atoms with van der Waals surface area (Å²) in [7, 11) is 0. The maximum atomic E-state index is 2.52. The van der Waals surface area contributed by atoms with Crippen LogP contribution in [-0.2, 0) is 27.1 Å². The van der Waals surface area contributed by atoms with Crippen molar-refractivity contribution in [2.75, 3.05) is 4.90 Å². The number of hydrogen-bond acceptors (Lipinski definition) is 1. The molecule has 0 aliphatic heterocycles. The molecular weight excluding hydrogens is 975 g/mol. The number of rotatable bonds is 8. The van der Waals surface area contributed by atoms with Crippen molar-refractivity contribution in [2.24, 2.45) is 0 Å². The van der Waals surface area contributed by atoms with Gasteiger partial charge in [-0.05, 0) is 177 Å². The fourth-order valence-corrected chi connectivity index (χ4v) is 14.5. The molecule has 81 heavy (non-hydrogen) atoms. The summed E-state index contributed by atoms with van der Waals surface area (Å²) in [6, 6.07) is 97.2. The largest absolute Gasteiger partial charge is 0.310 e. The average Bonchev–Trinajstić information content (AvgIpc) is 3.11. The highest BCUT2D eigenvalue weighted by Crippen LogP contribution is 2.59. The first-order valence-electron chi connectivity index (χ1n) is 29.1. The lowest BCUT2D eigenvalue weighted by Crippen LogP contribution is -2.29. The highest BCUT2D eigenvalue weighted by molar-refractivity contribution is 5.93. The van der Waals surface area contributed by atoms with Crippen LogP contribution in [0.4, 0.5) is 17.1 Å². The van der Waals surface area contributed by atoms with Crippen LogP contribution in [0.25, 0.3) is 55.6 Å². The van der Waals surface area contributed by atoms with Crippen LogP contribution in [0, 0.1) is 0 Å². The van der Waals surface area contributed by atoms with E-state index in [-0.39, 0.29) is 21.7 Å². The van der Waals surface area contributed by atoms with Gasteiger partial charge in [0.15, 0.2) is 0 Å². The molecule has 0 heterocycles. The molecule has 0 saturated heterocycles. The minimum Gasteiger partial charge on any atom is -0.310 e.